The molecule has 1 saturated carbocycles. The van der Waals surface area contributed by atoms with Crippen LogP contribution in [0.25, 0.3) is 0 Å². The van der Waals surface area contributed by atoms with Crippen molar-refractivity contribution in [3.8, 4) is 0 Å². The van der Waals surface area contributed by atoms with E-state index in [1.54, 1.807) is 12.1 Å². The van der Waals surface area contributed by atoms with E-state index in [-0.39, 0.29) is 5.82 Å². The van der Waals surface area contributed by atoms with Crippen LogP contribution in [-0.4, -0.2) is 13.1 Å². The molecule has 3 heteroatoms. The molecule has 1 nitrogen and oxygen atoms in total. The monoisotopic (exact) mass is 269 g/mol. The molecule has 100 valence electrons. The minimum atomic E-state index is -0.132. The third-order valence-electron chi connectivity index (χ3n) is 4.11. The van der Waals surface area contributed by atoms with Crippen molar-refractivity contribution in [2.24, 2.45) is 11.8 Å². The van der Waals surface area contributed by atoms with Gasteiger partial charge in [0.25, 0.3) is 0 Å². The van der Waals surface area contributed by atoms with Crippen LogP contribution in [0, 0.1) is 17.7 Å². The van der Waals surface area contributed by atoms with Crippen LogP contribution in [0.5, 0.6) is 0 Å². The van der Waals surface area contributed by atoms with Crippen LogP contribution in [0.3, 0.4) is 0 Å². The lowest BCUT2D eigenvalue weighted by molar-refractivity contribution is 0.219. The topological polar surface area (TPSA) is 12.0 Å². The van der Waals surface area contributed by atoms with E-state index in [0.717, 1.165) is 24.3 Å². The van der Waals surface area contributed by atoms with Gasteiger partial charge in [0.2, 0.25) is 0 Å². The zero-order valence-corrected chi connectivity index (χ0v) is 11.8. The van der Waals surface area contributed by atoms with Crippen LogP contribution in [0.15, 0.2) is 18.2 Å². The van der Waals surface area contributed by atoms with Crippen molar-refractivity contribution >= 4 is 11.6 Å². The molecule has 1 N–H and O–H groups in total. The van der Waals surface area contributed by atoms with Crippen molar-refractivity contribution < 1.29 is 4.39 Å². The number of hydrogen-bond donors (Lipinski definition) is 1. The molecule has 0 aromatic heterocycles. The summed E-state index contributed by atoms with van der Waals surface area (Å²) >= 11 is 5.95. The van der Waals surface area contributed by atoms with E-state index in [0.29, 0.717) is 17.0 Å². The Hall–Kier alpha value is -0.600. The molecular weight excluding hydrogens is 249 g/mol. The lowest BCUT2D eigenvalue weighted by atomic mass is 9.76. The molecule has 1 aromatic rings. The SMILES string of the molecule is CNC1CCC(C)CC1Cc1cc(Cl)ccc1F. The Labute approximate surface area is 114 Å². The standard InChI is InChI=1S/C15H21ClFN/c1-10-3-6-15(18-2)12(7-10)8-11-9-13(16)4-5-14(11)17/h4-5,9-10,12,15,18H,3,6-8H2,1-2H3. The van der Waals surface area contributed by atoms with E-state index in [1.807, 2.05) is 7.05 Å². The Morgan fingerprint density at radius 3 is 2.89 bits per heavy atom. The van der Waals surface area contributed by atoms with E-state index >= 15 is 0 Å². The molecule has 0 bridgehead atoms. The highest BCUT2D eigenvalue weighted by molar-refractivity contribution is 6.30. The fourth-order valence-electron chi connectivity index (χ4n) is 3.09. The zero-order valence-electron chi connectivity index (χ0n) is 11.0. The highest BCUT2D eigenvalue weighted by Crippen LogP contribution is 2.32. The van der Waals surface area contributed by atoms with Gasteiger partial charge in [0.15, 0.2) is 0 Å². The van der Waals surface area contributed by atoms with Crippen molar-refractivity contribution in [1.29, 1.82) is 0 Å². The van der Waals surface area contributed by atoms with Gasteiger partial charge in [-0.1, -0.05) is 18.5 Å². The smallest absolute Gasteiger partial charge is 0.126 e. The van der Waals surface area contributed by atoms with Gasteiger partial charge in [-0.05, 0) is 68.3 Å². The number of halogens is 2. The summed E-state index contributed by atoms with van der Waals surface area (Å²) in [7, 11) is 2.00. The molecule has 3 unspecified atom stereocenters. The van der Waals surface area contributed by atoms with E-state index in [4.69, 9.17) is 11.6 Å². The maximum Gasteiger partial charge on any atom is 0.126 e. The molecule has 3 atom stereocenters. The van der Waals surface area contributed by atoms with Crippen LogP contribution in [0.2, 0.25) is 5.02 Å². The molecule has 2 rings (SSSR count). The van der Waals surface area contributed by atoms with E-state index < -0.39 is 0 Å². The van der Waals surface area contributed by atoms with Gasteiger partial charge in [0, 0.05) is 11.1 Å². The van der Waals surface area contributed by atoms with Crippen molar-refractivity contribution in [1.82, 2.24) is 5.32 Å². The Morgan fingerprint density at radius 1 is 1.39 bits per heavy atom. The molecule has 0 saturated heterocycles. The van der Waals surface area contributed by atoms with E-state index in [2.05, 4.69) is 12.2 Å². The predicted octanol–water partition coefficient (Wildman–Crippen LogP) is 4.05. The van der Waals surface area contributed by atoms with Crippen molar-refractivity contribution in [2.45, 2.75) is 38.6 Å². The summed E-state index contributed by atoms with van der Waals surface area (Å²) in [6.45, 7) is 2.28. The quantitative estimate of drug-likeness (QED) is 0.873. The number of hydrogen-bond acceptors (Lipinski definition) is 1. The van der Waals surface area contributed by atoms with Gasteiger partial charge in [0.05, 0.1) is 0 Å². The molecule has 1 aromatic carbocycles. The summed E-state index contributed by atoms with van der Waals surface area (Å²) in [4.78, 5) is 0. The maximum absolute atomic E-state index is 13.8. The Kier molecular flexibility index (Phi) is 4.63. The maximum atomic E-state index is 13.8. The fourth-order valence-corrected chi connectivity index (χ4v) is 3.28. The van der Waals surface area contributed by atoms with Crippen LogP contribution in [0.1, 0.15) is 31.7 Å². The first kappa shape index (κ1) is 13.8. The van der Waals surface area contributed by atoms with Crippen molar-refractivity contribution in [3.63, 3.8) is 0 Å². The van der Waals surface area contributed by atoms with Crippen LogP contribution in [0.4, 0.5) is 4.39 Å². The van der Waals surface area contributed by atoms with Crippen LogP contribution >= 0.6 is 11.6 Å². The number of rotatable bonds is 3. The zero-order chi connectivity index (χ0) is 13.1. The molecule has 0 spiro atoms. The molecule has 0 amide bonds. The Bertz CT molecular complexity index is 407. The lowest BCUT2D eigenvalue weighted by Gasteiger charge is -2.35. The third-order valence-corrected chi connectivity index (χ3v) is 4.34. The van der Waals surface area contributed by atoms with E-state index in [1.165, 1.54) is 18.9 Å². The molecule has 1 aliphatic rings. The summed E-state index contributed by atoms with van der Waals surface area (Å²) in [5.74, 6) is 1.11. The Balaban J connectivity index is 2.12. The van der Waals surface area contributed by atoms with Gasteiger partial charge < -0.3 is 5.32 Å². The van der Waals surface area contributed by atoms with Gasteiger partial charge >= 0.3 is 0 Å². The molecule has 0 radical (unpaired) electrons. The average molecular weight is 270 g/mol. The molecule has 18 heavy (non-hydrogen) atoms. The second-order valence-corrected chi connectivity index (χ2v) is 5.95. The highest BCUT2D eigenvalue weighted by Gasteiger charge is 2.28. The summed E-state index contributed by atoms with van der Waals surface area (Å²) in [5, 5.41) is 3.99. The first-order chi connectivity index (χ1) is 8.60. The minimum absolute atomic E-state index is 0.132. The minimum Gasteiger partial charge on any atom is -0.317 e. The fraction of sp³-hybridized carbons (Fsp3) is 0.600. The lowest BCUT2D eigenvalue weighted by Crippen LogP contribution is -2.39. The second-order valence-electron chi connectivity index (χ2n) is 5.51. The number of benzene rings is 1. The first-order valence-electron chi connectivity index (χ1n) is 6.71. The van der Waals surface area contributed by atoms with Crippen LogP contribution in [-0.2, 0) is 6.42 Å². The van der Waals surface area contributed by atoms with Gasteiger partial charge in [-0.15, -0.1) is 0 Å². The van der Waals surface area contributed by atoms with Crippen LogP contribution < -0.4 is 5.32 Å². The summed E-state index contributed by atoms with van der Waals surface area (Å²) in [6.07, 6.45) is 4.39. The van der Waals surface area contributed by atoms with E-state index in [9.17, 15) is 4.39 Å². The van der Waals surface area contributed by atoms with Crippen molar-refractivity contribution in [3.05, 3.63) is 34.6 Å². The second kappa shape index (κ2) is 6.03. The first-order valence-corrected chi connectivity index (χ1v) is 7.09. The van der Waals surface area contributed by atoms with Gasteiger partial charge in [0.1, 0.15) is 5.82 Å². The molecule has 0 aliphatic heterocycles. The highest BCUT2D eigenvalue weighted by atomic mass is 35.5. The van der Waals surface area contributed by atoms with Gasteiger partial charge in [-0.25, -0.2) is 4.39 Å². The molecule has 1 aliphatic carbocycles. The summed E-state index contributed by atoms with van der Waals surface area (Å²) in [5.41, 5.74) is 0.752. The predicted molar refractivity (Wildman–Crippen MR) is 74.5 cm³/mol. The number of nitrogens with one attached hydrogen (secondary N) is 1. The molecular formula is C15H21ClFN. The molecule has 1 fully saturated rings. The average Bonchev–Trinajstić information content (AvgIpc) is 2.34. The third kappa shape index (κ3) is 3.24. The van der Waals surface area contributed by atoms with Gasteiger partial charge in [-0.2, -0.15) is 0 Å². The van der Waals surface area contributed by atoms with Gasteiger partial charge in [-0.3, -0.25) is 0 Å². The largest absolute Gasteiger partial charge is 0.317 e. The van der Waals surface area contributed by atoms with Crippen molar-refractivity contribution in [2.75, 3.05) is 7.05 Å². The molecule has 0 heterocycles. The normalized spacial score (nSPS) is 28.3. The Morgan fingerprint density at radius 2 is 2.17 bits per heavy atom. The summed E-state index contributed by atoms with van der Waals surface area (Å²) in [6, 6.07) is 5.35. The summed E-state index contributed by atoms with van der Waals surface area (Å²) < 4.78 is 13.8.